The summed E-state index contributed by atoms with van der Waals surface area (Å²) in [5, 5.41) is 0.422. The molecule has 0 saturated heterocycles. The SMILES string of the molecule is Cl.N[C@@H](CC1CC1)c1cc(F)cc(Cl)c1. The summed E-state index contributed by atoms with van der Waals surface area (Å²) in [6, 6.07) is 4.45. The van der Waals surface area contributed by atoms with Gasteiger partial charge in [0.15, 0.2) is 0 Å². The molecule has 1 atom stereocenters. The molecule has 1 aliphatic rings. The lowest BCUT2D eigenvalue weighted by molar-refractivity contribution is 0.583. The molecule has 0 bridgehead atoms. The Morgan fingerprint density at radius 2 is 2.07 bits per heavy atom. The monoisotopic (exact) mass is 249 g/mol. The van der Waals surface area contributed by atoms with Crippen LogP contribution in [0.4, 0.5) is 4.39 Å². The van der Waals surface area contributed by atoms with Crippen LogP contribution in [0.5, 0.6) is 0 Å². The third kappa shape index (κ3) is 3.63. The van der Waals surface area contributed by atoms with E-state index in [1.54, 1.807) is 6.07 Å². The van der Waals surface area contributed by atoms with Crippen LogP contribution in [0.1, 0.15) is 30.9 Å². The summed E-state index contributed by atoms with van der Waals surface area (Å²) in [6.07, 6.45) is 3.47. The lowest BCUT2D eigenvalue weighted by Gasteiger charge is -2.11. The molecule has 0 spiro atoms. The fraction of sp³-hybridized carbons (Fsp3) is 0.455. The summed E-state index contributed by atoms with van der Waals surface area (Å²) in [6.45, 7) is 0. The van der Waals surface area contributed by atoms with Gasteiger partial charge in [0.1, 0.15) is 5.82 Å². The first kappa shape index (κ1) is 12.8. The number of hydrogen-bond acceptors (Lipinski definition) is 1. The van der Waals surface area contributed by atoms with Gasteiger partial charge in [-0.05, 0) is 36.1 Å². The first-order valence-corrected chi connectivity index (χ1v) is 5.24. The lowest BCUT2D eigenvalue weighted by Crippen LogP contribution is -2.11. The van der Waals surface area contributed by atoms with Gasteiger partial charge in [0.05, 0.1) is 0 Å². The van der Waals surface area contributed by atoms with Crippen LogP contribution < -0.4 is 5.73 Å². The molecule has 1 aromatic carbocycles. The Morgan fingerprint density at radius 1 is 1.40 bits per heavy atom. The molecule has 1 aliphatic carbocycles. The number of rotatable bonds is 3. The molecule has 0 aliphatic heterocycles. The van der Waals surface area contributed by atoms with Crippen molar-refractivity contribution in [3.8, 4) is 0 Å². The van der Waals surface area contributed by atoms with Gasteiger partial charge >= 0.3 is 0 Å². The summed E-state index contributed by atoms with van der Waals surface area (Å²) < 4.78 is 13.0. The molecule has 4 heteroatoms. The van der Waals surface area contributed by atoms with Crippen molar-refractivity contribution in [3.05, 3.63) is 34.6 Å². The Hall–Kier alpha value is -0.310. The van der Waals surface area contributed by atoms with Crippen molar-refractivity contribution < 1.29 is 4.39 Å². The Labute approximate surface area is 100 Å². The number of benzene rings is 1. The van der Waals surface area contributed by atoms with Gasteiger partial charge in [-0.1, -0.05) is 24.4 Å². The molecule has 2 N–H and O–H groups in total. The molecule has 1 aromatic rings. The molecular formula is C11H14Cl2FN. The Balaban J connectivity index is 0.00000112. The summed E-state index contributed by atoms with van der Waals surface area (Å²) >= 11 is 5.75. The van der Waals surface area contributed by atoms with Crippen molar-refractivity contribution in [3.63, 3.8) is 0 Å². The van der Waals surface area contributed by atoms with Gasteiger partial charge < -0.3 is 5.73 Å². The van der Waals surface area contributed by atoms with Crippen molar-refractivity contribution in [2.75, 3.05) is 0 Å². The molecule has 0 heterocycles. The first-order chi connectivity index (χ1) is 6.65. The van der Waals surface area contributed by atoms with Gasteiger partial charge in [0.2, 0.25) is 0 Å². The molecule has 0 aromatic heterocycles. The van der Waals surface area contributed by atoms with E-state index >= 15 is 0 Å². The van der Waals surface area contributed by atoms with Gasteiger partial charge in [0, 0.05) is 11.1 Å². The summed E-state index contributed by atoms with van der Waals surface area (Å²) in [4.78, 5) is 0. The van der Waals surface area contributed by atoms with Gasteiger partial charge in [-0.3, -0.25) is 0 Å². The number of halogens is 3. The van der Waals surface area contributed by atoms with Crippen LogP contribution in [-0.4, -0.2) is 0 Å². The van der Waals surface area contributed by atoms with E-state index < -0.39 is 0 Å². The standard InChI is InChI=1S/C11H13ClFN.ClH/c12-9-4-8(5-10(13)6-9)11(14)3-7-1-2-7;/h4-7,11H,1-3,14H2;1H/t11-;/m0./s1. The van der Waals surface area contributed by atoms with E-state index in [1.807, 2.05) is 0 Å². The molecule has 2 rings (SSSR count). The normalized spacial score (nSPS) is 17.0. The molecule has 0 amide bonds. The highest BCUT2D eigenvalue weighted by molar-refractivity contribution is 6.30. The van der Waals surface area contributed by atoms with Crippen molar-refractivity contribution in [2.24, 2.45) is 11.7 Å². The maximum absolute atomic E-state index is 13.0. The number of nitrogens with two attached hydrogens (primary N) is 1. The van der Waals surface area contributed by atoms with E-state index in [4.69, 9.17) is 17.3 Å². The van der Waals surface area contributed by atoms with Crippen molar-refractivity contribution in [1.82, 2.24) is 0 Å². The Morgan fingerprint density at radius 3 is 2.60 bits per heavy atom. The van der Waals surface area contributed by atoms with E-state index in [2.05, 4.69) is 0 Å². The molecule has 1 saturated carbocycles. The smallest absolute Gasteiger partial charge is 0.125 e. The minimum Gasteiger partial charge on any atom is -0.324 e. The second-order valence-electron chi connectivity index (χ2n) is 3.99. The van der Waals surface area contributed by atoms with E-state index in [1.165, 1.54) is 25.0 Å². The topological polar surface area (TPSA) is 26.0 Å². The quantitative estimate of drug-likeness (QED) is 0.869. The predicted molar refractivity (Wildman–Crippen MR) is 62.9 cm³/mol. The zero-order valence-corrected chi connectivity index (χ0v) is 9.82. The Kier molecular flexibility index (Phi) is 4.38. The highest BCUT2D eigenvalue weighted by atomic mass is 35.5. The second kappa shape index (κ2) is 5.15. The lowest BCUT2D eigenvalue weighted by atomic mass is 10.0. The molecular weight excluding hydrogens is 236 g/mol. The summed E-state index contributed by atoms with van der Waals surface area (Å²) in [5.41, 5.74) is 6.76. The van der Waals surface area contributed by atoms with Crippen LogP contribution in [0, 0.1) is 11.7 Å². The zero-order valence-electron chi connectivity index (χ0n) is 8.25. The zero-order chi connectivity index (χ0) is 10.1. The van der Waals surface area contributed by atoms with Crippen LogP contribution in [0.2, 0.25) is 5.02 Å². The van der Waals surface area contributed by atoms with E-state index in [9.17, 15) is 4.39 Å². The Bertz CT molecular complexity index is 319. The molecule has 0 unspecified atom stereocenters. The van der Waals surface area contributed by atoms with Crippen molar-refractivity contribution >= 4 is 24.0 Å². The third-order valence-electron chi connectivity index (χ3n) is 2.60. The average molecular weight is 250 g/mol. The third-order valence-corrected chi connectivity index (χ3v) is 2.82. The average Bonchev–Trinajstić information content (AvgIpc) is 2.86. The van der Waals surface area contributed by atoms with Crippen LogP contribution in [0.15, 0.2) is 18.2 Å². The summed E-state index contributed by atoms with van der Waals surface area (Å²) in [5.74, 6) is 0.436. The van der Waals surface area contributed by atoms with Crippen LogP contribution >= 0.6 is 24.0 Å². The van der Waals surface area contributed by atoms with Crippen molar-refractivity contribution in [2.45, 2.75) is 25.3 Å². The largest absolute Gasteiger partial charge is 0.324 e. The molecule has 0 radical (unpaired) electrons. The summed E-state index contributed by atoms with van der Waals surface area (Å²) in [7, 11) is 0. The maximum atomic E-state index is 13.0. The minimum atomic E-state index is -0.307. The molecule has 1 nitrogen and oxygen atoms in total. The fourth-order valence-electron chi connectivity index (χ4n) is 1.64. The second-order valence-corrected chi connectivity index (χ2v) is 4.42. The molecule has 1 fully saturated rings. The molecule has 15 heavy (non-hydrogen) atoms. The maximum Gasteiger partial charge on any atom is 0.125 e. The number of hydrogen-bond donors (Lipinski definition) is 1. The van der Waals surface area contributed by atoms with E-state index in [0.29, 0.717) is 5.02 Å². The van der Waals surface area contributed by atoms with Crippen LogP contribution in [-0.2, 0) is 0 Å². The predicted octanol–water partition coefficient (Wildman–Crippen LogP) is 3.70. The van der Waals surface area contributed by atoms with Gasteiger partial charge in [-0.2, -0.15) is 0 Å². The van der Waals surface area contributed by atoms with Gasteiger partial charge in [-0.15, -0.1) is 12.4 Å². The molecule has 84 valence electrons. The highest BCUT2D eigenvalue weighted by Gasteiger charge is 2.24. The van der Waals surface area contributed by atoms with Gasteiger partial charge in [-0.25, -0.2) is 4.39 Å². The van der Waals surface area contributed by atoms with Crippen LogP contribution in [0.25, 0.3) is 0 Å². The first-order valence-electron chi connectivity index (χ1n) is 4.87. The van der Waals surface area contributed by atoms with Crippen LogP contribution in [0.3, 0.4) is 0 Å². The van der Waals surface area contributed by atoms with Gasteiger partial charge in [0.25, 0.3) is 0 Å². The minimum absolute atomic E-state index is 0. The fourth-order valence-corrected chi connectivity index (χ4v) is 1.87. The van der Waals surface area contributed by atoms with Crippen molar-refractivity contribution in [1.29, 1.82) is 0 Å². The highest BCUT2D eigenvalue weighted by Crippen LogP contribution is 2.37. The van der Waals surface area contributed by atoms with E-state index in [-0.39, 0.29) is 24.3 Å². The van der Waals surface area contributed by atoms with E-state index in [0.717, 1.165) is 17.9 Å².